The minimum atomic E-state index is 0.573. The molecule has 0 aromatic heterocycles. The van der Waals surface area contributed by atoms with E-state index in [-0.39, 0.29) is 0 Å². The highest BCUT2D eigenvalue weighted by molar-refractivity contribution is 6.30. The van der Waals surface area contributed by atoms with Crippen molar-refractivity contribution in [3.63, 3.8) is 0 Å². The number of hydrogen-bond acceptors (Lipinski definition) is 2. The molecule has 21 heavy (non-hydrogen) atoms. The van der Waals surface area contributed by atoms with Crippen LogP contribution in [0.3, 0.4) is 0 Å². The zero-order valence-electron chi connectivity index (χ0n) is 12.0. The van der Waals surface area contributed by atoms with Crippen molar-refractivity contribution in [1.82, 2.24) is 5.32 Å². The Morgan fingerprint density at radius 2 is 1.62 bits per heavy atom. The van der Waals surface area contributed by atoms with Crippen LogP contribution in [0.4, 0.5) is 0 Å². The average Bonchev–Trinajstić information content (AvgIpc) is 2.56. The largest absolute Gasteiger partial charge is 0.489 e. The molecule has 1 fully saturated rings. The van der Waals surface area contributed by atoms with E-state index in [9.17, 15) is 0 Å². The Balaban J connectivity index is 1.57. The van der Waals surface area contributed by atoms with E-state index >= 15 is 0 Å². The number of benzene rings is 2. The molecular weight excluding hydrogens is 282 g/mol. The fourth-order valence-corrected chi connectivity index (χ4v) is 2.86. The van der Waals surface area contributed by atoms with Crippen molar-refractivity contribution in [3.05, 3.63) is 64.7 Å². The SMILES string of the molecule is Clc1ccc(COc2ccc(C3CCNCC3)cc2)cc1. The van der Waals surface area contributed by atoms with Crippen LogP contribution in [0.15, 0.2) is 48.5 Å². The highest BCUT2D eigenvalue weighted by Gasteiger charge is 2.14. The quantitative estimate of drug-likeness (QED) is 0.904. The Morgan fingerprint density at radius 3 is 2.29 bits per heavy atom. The van der Waals surface area contributed by atoms with E-state index in [2.05, 4.69) is 29.6 Å². The predicted octanol–water partition coefficient (Wildman–Crippen LogP) is 4.39. The Kier molecular flexibility index (Phi) is 4.79. The Labute approximate surface area is 131 Å². The van der Waals surface area contributed by atoms with E-state index in [4.69, 9.17) is 16.3 Å². The third-order valence-electron chi connectivity index (χ3n) is 4.01. The molecule has 1 saturated heterocycles. The third kappa shape index (κ3) is 3.99. The van der Waals surface area contributed by atoms with Gasteiger partial charge in [0.15, 0.2) is 0 Å². The molecule has 0 amide bonds. The van der Waals surface area contributed by atoms with Crippen LogP contribution in [0.1, 0.15) is 29.9 Å². The lowest BCUT2D eigenvalue weighted by molar-refractivity contribution is 0.306. The molecule has 1 heterocycles. The summed E-state index contributed by atoms with van der Waals surface area (Å²) >= 11 is 5.87. The number of nitrogens with one attached hydrogen (secondary N) is 1. The second-order valence-electron chi connectivity index (χ2n) is 5.51. The highest BCUT2D eigenvalue weighted by Crippen LogP contribution is 2.26. The summed E-state index contributed by atoms with van der Waals surface area (Å²) in [4.78, 5) is 0. The predicted molar refractivity (Wildman–Crippen MR) is 87.1 cm³/mol. The topological polar surface area (TPSA) is 21.3 Å². The number of piperidine rings is 1. The van der Waals surface area contributed by atoms with E-state index < -0.39 is 0 Å². The van der Waals surface area contributed by atoms with Crippen LogP contribution in [0, 0.1) is 0 Å². The second kappa shape index (κ2) is 6.97. The molecule has 2 aromatic rings. The summed E-state index contributed by atoms with van der Waals surface area (Å²) < 4.78 is 5.82. The maximum atomic E-state index is 5.87. The van der Waals surface area contributed by atoms with Crippen LogP contribution in [-0.4, -0.2) is 13.1 Å². The van der Waals surface area contributed by atoms with Crippen molar-refractivity contribution in [1.29, 1.82) is 0 Å². The average molecular weight is 302 g/mol. The van der Waals surface area contributed by atoms with Crippen molar-refractivity contribution in [2.75, 3.05) is 13.1 Å². The maximum absolute atomic E-state index is 5.87. The van der Waals surface area contributed by atoms with E-state index in [1.165, 1.54) is 18.4 Å². The van der Waals surface area contributed by atoms with Gasteiger partial charge in [0.25, 0.3) is 0 Å². The van der Waals surface area contributed by atoms with Crippen LogP contribution < -0.4 is 10.1 Å². The summed E-state index contributed by atoms with van der Waals surface area (Å²) in [6, 6.07) is 16.3. The molecule has 3 heteroatoms. The first-order chi connectivity index (χ1) is 10.3. The molecular formula is C18H20ClNO. The van der Waals surface area contributed by atoms with Crippen LogP contribution in [0.2, 0.25) is 5.02 Å². The lowest BCUT2D eigenvalue weighted by Crippen LogP contribution is -2.26. The van der Waals surface area contributed by atoms with E-state index in [1.54, 1.807) is 0 Å². The maximum Gasteiger partial charge on any atom is 0.119 e. The fourth-order valence-electron chi connectivity index (χ4n) is 2.74. The molecule has 0 aliphatic carbocycles. The second-order valence-corrected chi connectivity index (χ2v) is 5.94. The minimum Gasteiger partial charge on any atom is -0.489 e. The standard InChI is InChI=1S/C18H20ClNO/c19-17-5-1-14(2-6-17)13-21-18-7-3-15(4-8-18)16-9-11-20-12-10-16/h1-8,16,20H,9-13H2. The van der Waals surface area contributed by atoms with Crippen molar-refractivity contribution in [2.24, 2.45) is 0 Å². The Hall–Kier alpha value is -1.51. The smallest absolute Gasteiger partial charge is 0.119 e. The Morgan fingerprint density at radius 1 is 0.952 bits per heavy atom. The molecule has 0 radical (unpaired) electrons. The lowest BCUT2D eigenvalue weighted by atomic mass is 9.90. The number of ether oxygens (including phenoxy) is 1. The van der Waals surface area contributed by atoms with Crippen LogP contribution >= 0.6 is 11.6 Å². The third-order valence-corrected chi connectivity index (χ3v) is 4.26. The van der Waals surface area contributed by atoms with Crippen molar-refractivity contribution in [3.8, 4) is 5.75 Å². The molecule has 2 aromatic carbocycles. The first kappa shape index (κ1) is 14.4. The van der Waals surface area contributed by atoms with Gasteiger partial charge in [-0.1, -0.05) is 35.9 Å². The van der Waals surface area contributed by atoms with Gasteiger partial charge in [-0.3, -0.25) is 0 Å². The molecule has 3 rings (SSSR count). The van der Waals surface area contributed by atoms with Crippen LogP contribution in [0.25, 0.3) is 0 Å². The molecule has 1 aliphatic heterocycles. The van der Waals surface area contributed by atoms with Gasteiger partial charge in [0, 0.05) is 5.02 Å². The van der Waals surface area contributed by atoms with Crippen LogP contribution in [-0.2, 0) is 6.61 Å². The first-order valence-corrected chi connectivity index (χ1v) is 7.87. The molecule has 1 aliphatic rings. The van der Waals surface area contributed by atoms with Crippen LogP contribution in [0.5, 0.6) is 5.75 Å². The zero-order valence-corrected chi connectivity index (χ0v) is 12.8. The highest BCUT2D eigenvalue weighted by atomic mass is 35.5. The van der Waals surface area contributed by atoms with Gasteiger partial charge in [-0.2, -0.15) is 0 Å². The molecule has 2 nitrogen and oxygen atoms in total. The molecule has 0 saturated carbocycles. The van der Waals surface area contributed by atoms with E-state index in [1.807, 2.05) is 24.3 Å². The monoisotopic (exact) mass is 301 g/mol. The molecule has 0 unspecified atom stereocenters. The van der Waals surface area contributed by atoms with Gasteiger partial charge in [0.1, 0.15) is 12.4 Å². The van der Waals surface area contributed by atoms with E-state index in [0.717, 1.165) is 29.4 Å². The normalized spacial score (nSPS) is 15.9. The summed E-state index contributed by atoms with van der Waals surface area (Å²) in [6.07, 6.45) is 2.45. The number of halogens is 1. The fraction of sp³-hybridized carbons (Fsp3) is 0.333. The zero-order chi connectivity index (χ0) is 14.5. The summed E-state index contributed by atoms with van der Waals surface area (Å²) in [5.41, 5.74) is 2.55. The van der Waals surface area contributed by atoms with Gasteiger partial charge in [0.05, 0.1) is 0 Å². The van der Waals surface area contributed by atoms with Gasteiger partial charge in [-0.25, -0.2) is 0 Å². The Bertz CT molecular complexity index is 559. The van der Waals surface area contributed by atoms with Crippen molar-refractivity contribution in [2.45, 2.75) is 25.4 Å². The van der Waals surface area contributed by atoms with Gasteiger partial charge in [-0.15, -0.1) is 0 Å². The molecule has 0 atom stereocenters. The molecule has 110 valence electrons. The first-order valence-electron chi connectivity index (χ1n) is 7.49. The lowest BCUT2D eigenvalue weighted by Gasteiger charge is -2.23. The molecule has 1 N–H and O–H groups in total. The van der Waals surface area contributed by atoms with Crippen molar-refractivity contribution < 1.29 is 4.74 Å². The minimum absolute atomic E-state index is 0.573. The van der Waals surface area contributed by atoms with E-state index in [0.29, 0.717) is 12.5 Å². The van der Waals surface area contributed by atoms with Gasteiger partial charge < -0.3 is 10.1 Å². The van der Waals surface area contributed by atoms with Crippen molar-refractivity contribution >= 4 is 11.6 Å². The molecule has 0 bridgehead atoms. The summed E-state index contributed by atoms with van der Waals surface area (Å²) in [7, 11) is 0. The van der Waals surface area contributed by atoms with Gasteiger partial charge in [0.2, 0.25) is 0 Å². The molecule has 0 spiro atoms. The summed E-state index contributed by atoms with van der Waals surface area (Å²) in [6.45, 7) is 2.82. The number of hydrogen-bond donors (Lipinski definition) is 1. The van der Waals surface area contributed by atoms with Gasteiger partial charge >= 0.3 is 0 Å². The van der Waals surface area contributed by atoms with Gasteiger partial charge in [-0.05, 0) is 67.2 Å². The summed E-state index contributed by atoms with van der Waals surface area (Å²) in [5, 5.41) is 4.16. The number of rotatable bonds is 4. The summed E-state index contributed by atoms with van der Waals surface area (Å²) in [5.74, 6) is 1.61.